The minimum absolute atomic E-state index is 0.103. The molecular formula is C11H12BrF2NO. The average molecular weight is 292 g/mol. The van der Waals surface area contributed by atoms with E-state index in [1.54, 1.807) is 0 Å². The lowest BCUT2D eigenvalue weighted by Gasteiger charge is -2.12. The van der Waals surface area contributed by atoms with Gasteiger partial charge in [0.15, 0.2) is 0 Å². The zero-order valence-corrected chi connectivity index (χ0v) is 10.2. The van der Waals surface area contributed by atoms with Gasteiger partial charge in [0.05, 0.1) is 16.3 Å². The average Bonchev–Trinajstić information content (AvgIpc) is 2.74. The van der Waals surface area contributed by atoms with Crippen molar-refractivity contribution >= 4 is 21.6 Å². The molecule has 1 heterocycles. The summed E-state index contributed by atoms with van der Waals surface area (Å²) >= 11 is 2.93. The minimum Gasteiger partial charge on any atom is -0.380 e. The van der Waals surface area contributed by atoms with E-state index in [2.05, 4.69) is 21.2 Å². The van der Waals surface area contributed by atoms with Crippen LogP contribution in [0.25, 0.3) is 0 Å². The van der Waals surface area contributed by atoms with Crippen molar-refractivity contribution < 1.29 is 13.5 Å². The van der Waals surface area contributed by atoms with Crippen LogP contribution in [-0.4, -0.2) is 19.3 Å². The Labute approximate surface area is 101 Å². The molecule has 0 amide bonds. The smallest absolute Gasteiger partial charge is 0.147 e. The Morgan fingerprint density at radius 1 is 1.38 bits per heavy atom. The fourth-order valence-corrected chi connectivity index (χ4v) is 2.00. The normalized spacial score (nSPS) is 20.1. The Bertz CT molecular complexity index is 380. The first-order valence-corrected chi connectivity index (χ1v) is 5.96. The Balaban J connectivity index is 2.00. The third-order valence-electron chi connectivity index (χ3n) is 2.55. The highest BCUT2D eigenvalue weighted by Gasteiger charge is 2.16. The van der Waals surface area contributed by atoms with E-state index >= 15 is 0 Å². The summed E-state index contributed by atoms with van der Waals surface area (Å²) in [6.45, 7) is 1.27. The van der Waals surface area contributed by atoms with Crippen molar-refractivity contribution in [2.75, 3.05) is 18.5 Å². The molecule has 1 N–H and O–H groups in total. The lowest BCUT2D eigenvalue weighted by molar-refractivity contribution is 0.120. The molecule has 0 aromatic heterocycles. The van der Waals surface area contributed by atoms with Crippen LogP contribution in [0.15, 0.2) is 16.6 Å². The molecule has 0 bridgehead atoms. The van der Waals surface area contributed by atoms with Crippen molar-refractivity contribution in [1.29, 1.82) is 0 Å². The van der Waals surface area contributed by atoms with Gasteiger partial charge in [-0.05, 0) is 34.8 Å². The van der Waals surface area contributed by atoms with Gasteiger partial charge in [0.2, 0.25) is 0 Å². The highest BCUT2D eigenvalue weighted by molar-refractivity contribution is 9.10. The van der Waals surface area contributed by atoms with Crippen LogP contribution in [0.5, 0.6) is 0 Å². The molecule has 1 aromatic rings. The third kappa shape index (κ3) is 2.71. The standard InChI is InChI=1S/C11H12BrF2NO/c12-8-4-10(14)11(5-9(8)13)15-6-7-2-1-3-16-7/h4-5,7,15H,1-3,6H2. The number of hydrogen-bond donors (Lipinski definition) is 1. The van der Waals surface area contributed by atoms with Crippen molar-refractivity contribution in [3.05, 3.63) is 28.2 Å². The number of ether oxygens (including phenoxy) is 1. The first kappa shape index (κ1) is 11.8. The Morgan fingerprint density at radius 2 is 2.19 bits per heavy atom. The van der Waals surface area contributed by atoms with Gasteiger partial charge in [-0.3, -0.25) is 0 Å². The number of nitrogens with one attached hydrogen (secondary N) is 1. The first-order chi connectivity index (χ1) is 7.66. The van der Waals surface area contributed by atoms with Crippen molar-refractivity contribution in [3.63, 3.8) is 0 Å². The molecule has 1 fully saturated rings. The molecule has 1 aromatic carbocycles. The molecule has 2 nitrogen and oxygen atoms in total. The molecule has 1 unspecified atom stereocenters. The molecule has 1 aliphatic rings. The van der Waals surface area contributed by atoms with Gasteiger partial charge in [0.25, 0.3) is 0 Å². The molecule has 1 atom stereocenters. The molecular weight excluding hydrogens is 280 g/mol. The molecule has 1 aliphatic heterocycles. The van der Waals surface area contributed by atoms with E-state index in [0.29, 0.717) is 6.54 Å². The Hall–Kier alpha value is -0.680. The second-order valence-corrected chi connectivity index (χ2v) is 4.62. The number of rotatable bonds is 3. The van der Waals surface area contributed by atoms with Gasteiger partial charge < -0.3 is 10.1 Å². The van der Waals surface area contributed by atoms with Gasteiger partial charge in [-0.15, -0.1) is 0 Å². The fraction of sp³-hybridized carbons (Fsp3) is 0.455. The lowest BCUT2D eigenvalue weighted by Crippen LogP contribution is -2.19. The summed E-state index contributed by atoms with van der Waals surface area (Å²) in [4.78, 5) is 0. The SMILES string of the molecule is Fc1cc(NCC2CCCO2)c(F)cc1Br. The maximum Gasteiger partial charge on any atom is 0.147 e. The minimum atomic E-state index is -0.476. The van der Waals surface area contributed by atoms with E-state index < -0.39 is 11.6 Å². The zero-order valence-electron chi connectivity index (χ0n) is 8.60. The van der Waals surface area contributed by atoms with Gasteiger partial charge in [-0.25, -0.2) is 8.78 Å². The van der Waals surface area contributed by atoms with Gasteiger partial charge in [-0.1, -0.05) is 0 Å². The summed E-state index contributed by atoms with van der Waals surface area (Å²) in [6, 6.07) is 2.27. The summed E-state index contributed by atoms with van der Waals surface area (Å²) < 4.78 is 32.1. The topological polar surface area (TPSA) is 21.3 Å². The molecule has 1 saturated heterocycles. The van der Waals surface area contributed by atoms with Crippen LogP contribution in [0.4, 0.5) is 14.5 Å². The third-order valence-corrected chi connectivity index (χ3v) is 3.16. The van der Waals surface area contributed by atoms with Gasteiger partial charge in [0, 0.05) is 19.2 Å². The number of anilines is 1. The van der Waals surface area contributed by atoms with E-state index in [-0.39, 0.29) is 16.3 Å². The zero-order chi connectivity index (χ0) is 11.5. The number of benzene rings is 1. The number of halogens is 3. The quantitative estimate of drug-likeness (QED) is 0.863. The van der Waals surface area contributed by atoms with Crippen LogP contribution >= 0.6 is 15.9 Å². The molecule has 0 radical (unpaired) electrons. The van der Waals surface area contributed by atoms with E-state index in [1.807, 2.05) is 0 Å². The van der Waals surface area contributed by atoms with Crippen LogP contribution in [0.1, 0.15) is 12.8 Å². The Kier molecular flexibility index (Phi) is 3.76. The fourth-order valence-electron chi connectivity index (χ4n) is 1.69. The summed E-state index contributed by atoms with van der Waals surface area (Å²) in [5.74, 6) is -0.942. The molecule has 5 heteroatoms. The largest absolute Gasteiger partial charge is 0.380 e. The second kappa shape index (κ2) is 5.10. The van der Waals surface area contributed by atoms with Crippen molar-refractivity contribution in [1.82, 2.24) is 0 Å². The molecule has 0 aliphatic carbocycles. The maximum absolute atomic E-state index is 13.4. The monoisotopic (exact) mass is 291 g/mol. The Morgan fingerprint density at radius 3 is 2.88 bits per heavy atom. The summed E-state index contributed by atoms with van der Waals surface area (Å²) in [5.41, 5.74) is 0.177. The highest BCUT2D eigenvalue weighted by Crippen LogP contribution is 2.23. The van der Waals surface area contributed by atoms with Crippen LogP contribution in [-0.2, 0) is 4.74 Å². The molecule has 0 saturated carbocycles. The van der Waals surface area contributed by atoms with Crippen LogP contribution in [0, 0.1) is 11.6 Å². The van der Waals surface area contributed by atoms with Gasteiger partial charge >= 0.3 is 0 Å². The predicted octanol–water partition coefficient (Wildman–Crippen LogP) is 3.32. The van der Waals surface area contributed by atoms with Gasteiger partial charge in [0.1, 0.15) is 11.6 Å². The van der Waals surface area contributed by atoms with E-state index in [9.17, 15) is 8.78 Å². The lowest BCUT2D eigenvalue weighted by atomic mass is 10.2. The predicted molar refractivity (Wildman–Crippen MR) is 61.5 cm³/mol. The molecule has 0 spiro atoms. The second-order valence-electron chi connectivity index (χ2n) is 3.76. The van der Waals surface area contributed by atoms with E-state index in [4.69, 9.17) is 4.74 Å². The highest BCUT2D eigenvalue weighted by atomic mass is 79.9. The molecule has 2 rings (SSSR count). The summed E-state index contributed by atoms with van der Waals surface area (Å²) in [7, 11) is 0. The van der Waals surface area contributed by atoms with E-state index in [1.165, 1.54) is 0 Å². The van der Waals surface area contributed by atoms with Crippen LogP contribution < -0.4 is 5.32 Å². The van der Waals surface area contributed by atoms with E-state index in [0.717, 1.165) is 31.6 Å². The van der Waals surface area contributed by atoms with Crippen molar-refractivity contribution in [2.45, 2.75) is 18.9 Å². The maximum atomic E-state index is 13.4. The van der Waals surface area contributed by atoms with Crippen LogP contribution in [0.2, 0.25) is 0 Å². The molecule has 16 heavy (non-hydrogen) atoms. The first-order valence-electron chi connectivity index (χ1n) is 5.17. The summed E-state index contributed by atoms with van der Waals surface area (Å²) in [5, 5.41) is 2.86. The summed E-state index contributed by atoms with van der Waals surface area (Å²) in [6.07, 6.45) is 2.10. The number of hydrogen-bond acceptors (Lipinski definition) is 2. The van der Waals surface area contributed by atoms with Crippen molar-refractivity contribution in [2.24, 2.45) is 0 Å². The van der Waals surface area contributed by atoms with Crippen molar-refractivity contribution in [3.8, 4) is 0 Å². The van der Waals surface area contributed by atoms with Gasteiger partial charge in [-0.2, -0.15) is 0 Å². The van der Waals surface area contributed by atoms with Crippen LogP contribution in [0.3, 0.4) is 0 Å². The molecule has 88 valence electrons.